The molecule has 1 aliphatic rings. The number of aromatic nitrogens is 1. The number of aromatic hydroxyl groups is 1. The summed E-state index contributed by atoms with van der Waals surface area (Å²) in [4.78, 5) is 2.25. The van der Waals surface area contributed by atoms with E-state index in [1.165, 1.54) is 0 Å². The van der Waals surface area contributed by atoms with Crippen LogP contribution in [0, 0.1) is 0 Å². The van der Waals surface area contributed by atoms with Crippen LogP contribution in [0.2, 0.25) is 0 Å². The number of hydrogen-bond acceptors (Lipinski definition) is 6. The molecule has 136 valence electrons. The van der Waals surface area contributed by atoms with E-state index in [0.29, 0.717) is 31.8 Å². The molecule has 4 rings (SSSR count). The first-order chi connectivity index (χ1) is 12.8. The van der Waals surface area contributed by atoms with Crippen molar-refractivity contribution in [2.24, 2.45) is 0 Å². The molecule has 6 nitrogen and oxygen atoms in total. The minimum Gasteiger partial charge on any atom is -0.507 e. The molecule has 0 bridgehead atoms. The highest BCUT2D eigenvalue weighted by Gasteiger charge is 2.20. The molecule has 1 aromatic heterocycles. The van der Waals surface area contributed by atoms with Gasteiger partial charge < -0.3 is 19.1 Å². The molecule has 0 spiro atoms. The van der Waals surface area contributed by atoms with Crippen molar-refractivity contribution in [1.29, 1.82) is 0 Å². The van der Waals surface area contributed by atoms with E-state index in [2.05, 4.69) is 10.1 Å². The highest BCUT2D eigenvalue weighted by Crippen LogP contribution is 2.32. The van der Waals surface area contributed by atoms with Crippen LogP contribution in [-0.4, -0.2) is 48.6 Å². The number of methoxy groups -OCH3 is 1. The normalized spacial score (nSPS) is 15.4. The summed E-state index contributed by atoms with van der Waals surface area (Å²) in [5.74, 6) is 1.07. The Hall–Kier alpha value is -2.57. The van der Waals surface area contributed by atoms with Crippen LogP contribution < -0.4 is 4.74 Å². The minimum absolute atomic E-state index is 0.240. The monoisotopic (exact) mass is 354 g/mol. The molecule has 26 heavy (non-hydrogen) atoms. The highest BCUT2D eigenvalue weighted by molar-refractivity contribution is 5.84. The smallest absolute Gasteiger partial charge is 0.175 e. The third kappa shape index (κ3) is 3.25. The maximum atomic E-state index is 10.4. The molecule has 3 aromatic rings. The van der Waals surface area contributed by atoms with Crippen LogP contribution in [0.5, 0.6) is 11.5 Å². The Balaban J connectivity index is 1.66. The maximum absolute atomic E-state index is 10.4. The number of benzene rings is 2. The van der Waals surface area contributed by atoms with Gasteiger partial charge in [-0.1, -0.05) is 23.4 Å². The molecular weight excluding hydrogens is 332 g/mol. The SMILES string of the molecule is COc1ccccc1Cc1noc2c(CN3CCOCC3)c(O)ccc12. The van der Waals surface area contributed by atoms with Gasteiger partial charge in [0.2, 0.25) is 0 Å². The second-order valence-electron chi connectivity index (χ2n) is 6.45. The van der Waals surface area contributed by atoms with Crippen LogP contribution in [0.3, 0.4) is 0 Å². The molecule has 2 heterocycles. The van der Waals surface area contributed by atoms with Gasteiger partial charge in [-0.3, -0.25) is 4.90 Å². The summed E-state index contributed by atoms with van der Waals surface area (Å²) in [6.07, 6.45) is 0.610. The second kappa shape index (κ2) is 7.35. The predicted molar refractivity (Wildman–Crippen MR) is 97.6 cm³/mol. The lowest BCUT2D eigenvalue weighted by Crippen LogP contribution is -2.35. The van der Waals surface area contributed by atoms with Crippen molar-refractivity contribution in [2.45, 2.75) is 13.0 Å². The van der Waals surface area contributed by atoms with Gasteiger partial charge in [0.1, 0.15) is 11.5 Å². The summed E-state index contributed by atoms with van der Waals surface area (Å²) in [5.41, 5.74) is 3.32. The molecule has 0 atom stereocenters. The zero-order valence-electron chi connectivity index (χ0n) is 14.8. The van der Waals surface area contributed by atoms with Gasteiger partial charge >= 0.3 is 0 Å². The van der Waals surface area contributed by atoms with E-state index in [0.717, 1.165) is 41.0 Å². The van der Waals surface area contributed by atoms with E-state index in [1.54, 1.807) is 13.2 Å². The largest absolute Gasteiger partial charge is 0.507 e. The third-order valence-electron chi connectivity index (χ3n) is 4.83. The molecule has 6 heteroatoms. The van der Waals surface area contributed by atoms with Crippen LogP contribution in [0.15, 0.2) is 40.9 Å². The van der Waals surface area contributed by atoms with Crippen molar-refractivity contribution < 1.29 is 19.1 Å². The first-order valence-electron chi connectivity index (χ1n) is 8.77. The van der Waals surface area contributed by atoms with E-state index in [9.17, 15) is 5.11 Å². The molecule has 0 amide bonds. The number of hydrogen-bond donors (Lipinski definition) is 1. The molecule has 2 aromatic carbocycles. The number of ether oxygens (including phenoxy) is 2. The first kappa shape index (κ1) is 16.9. The van der Waals surface area contributed by atoms with Gasteiger partial charge in [-0.25, -0.2) is 0 Å². The van der Waals surface area contributed by atoms with E-state index in [1.807, 2.05) is 30.3 Å². The molecule has 1 fully saturated rings. The lowest BCUT2D eigenvalue weighted by atomic mass is 10.0. The van der Waals surface area contributed by atoms with Crippen LogP contribution >= 0.6 is 0 Å². The summed E-state index contributed by atoms with van der Waals surface area (Å²) in [6, 6.07) is 11.5. The van der Waals surface area contributed by atoms with E-state index in [4.69, 9.17) is 14.0 Å². The fourth-order valence-corrected chi connectivity index (χ4v) is 3.39. The second-order valence-corrected chi connectivity index (χ2v) is 6.45. The van der Waals surface area contributed by atoms with Crippen LogP contribution in [0.1, 0.15) is 16.8 Å². The van der Waals surface area contributed by atoms with Crippen molar-refractivity contribution in [3.8, 4) is 11.5 Å². The molecule has 0 unspecified atom stereocenters. The number of fused-ring (bicyclic) bond motifs is 1. The molecule has 0 saturated carbocycles. The van der Waals surface area contributed by atoms with E-state index in [-0.39, 0.29) is 5.75 Å². The number of phenolic OH excluding ortho intramolecular Hbond substituents is 1. The Morgan fingerprint density at radius 3 is 2.77 bits per heavy atom. The number of morpholine rings is 1. The van der Waals surface area contributed by atoms with Crippen molar-refractivity contribution in [3.05, 3.63) is 53.2 Å². The van der Waals surface area contributed by atoms with E-state index < -0.39 is 0 Å². The van der Waals surface area contributed by atoms with Crippen molar-refractivity contribution in [1.82, 2.24) is 10.1 Å². The highest BCUT2D eigenvalue weighted by atomic mass is 16.5. The zero-order chi connectivity index (χ0) is 17.9. The van der Waals surface area contributed by atoms with Crippen molar-refractivity contribution >= 4 is 11.0 Å². The molecule has 0 aliphatic carbocycles. The molecule has 1 saturated heterocycles. The molecule has 0 radical (unpaired) electrons. The zero-order valence-corrected chi connectivity index (χ0v) is 14.8. The summed E-state index contributed by atoms with van der Waals surface area (Å²) < 4.78 is 16.5. The Labute approximate surface area is 151 Å². The van der Waals surface area contributed by atoms with Gasteiger partial charge in [0.05, 0.1) is 31.6 Å². The van der Waals surface area contributed by atoms with Crippen LogP contribution in [0.25, 0.3) is 11.0 Å². The van der Waals surface area contributed by atoms with Crippen molar-refractivity contribution in [2.75, 3.05) is 33.4 Å². The maximum Gasteiger partial charge on any atom is 0.175 e. The number of nitrogens with zero attached hydrogens (tertiary/aromatic N) is 2. The summed E-state index contributed by atoms with van der Waals surface area (Å²) in [5, 5.41) is 15.6. The first-order valence-corrected chi connectivity index (χ1v) is 8.77. The lowest BCUT2D eigenvalue weighted by molar-refractivity contribution is 0.0339. The van der Waals surface area contributed by atoms with Crippen LogP contribution in [-0.2, 0) is 17.7 Å². The minimum atomic E-state index is 0.240. The van der Waals surface area contributed by atoms with Crippen molar-refractivity contribution in [3.63, 3.8) is 0 Å². The van der Waals surface area contributed by atoms with Gasteiger partial charge in [-0.15, -0.1) is 0 Å². The van der Waals surface area contributed by atoms with Gasteiger partial charge in [-0.05, 0) is 18.2 Å². The topological polar surface area (TPSA) is 68.0 Å². The summed E-state index contributed by atoms with van der Waals surface area (Å²) >= 11 is 0. The Kier molecular flexibility index (Phi) is 4.77. The summed E-state index contributed by atoms with van der Waals surface area (Å²) in [6.45, 7) is 3.74. The Morgan fingerprint density at radius 2 is 1.96 bits per heavy atom. The van der Waals surface area contributed by atoms with Crippen LogP contribution in [0.4, 0.5) is 0 Å². The number of rotatable bonds is 5. The summed E-state index contributed by atoms with van der Waals surface area (Å²) in [7, 11) is 1.66. The van der Waals surface area contributed by atoms with Gasteiger partial charge in [0, 0.05) is 37.0 Å². The molecule has 1 N–H and O–H groups in total. The van der Waals surface area contributed by atoms with E-state index >= 15 is 0 Å². The van der Waals surface area contributed by atoms with Gasteiger partial charge in [-0.2, -0.15) is 0 Å². The Bertz CT molecular complexity index is 900. The quantitative estimate of drug-likeness (QED) is 0.760. The average molecular weight is 354 g/mol. The fourth-order valence-electron chi connectivity index (χ4n) is 3.39. The molecular formula is C20H22N2O4. The number of phenols is 1. The standard InChI is InChI=1S/C20H22N2O4/c1-24-19-5-3-2-4-14(19)12-17-15-6-7-18(23)16(20(15)26-21-17)13-22-8-10-25-11-9-22/h2-7,23H,8-13H2,1H3. The molecule has 1 aliphatic heterocycles. The third-order valence-corrected chi connectivity index (χ3v) is 4.83. The van der Waals surface area contributed by atoms with Gasteiger partial charge in [0.15, 0.2) is 5.58 Å². The average Bonchev–Trinajstić information content (AvgIpc) is 3.08. The lowest BCUT2D eigenvalue weighted by Gasteiger charge is -2.26. The fraction of sp³-hybridized carbons (Fsp3) is 0.350. The van der Waals surface area contributed by atoms with Gasteiger partial charge in [0.25, 0.3) is 0 Å². The predicted octanol–water partition coefficient (Wildman–Crippen LogP) is 2.97. The Morgan fingerprint density at radius 1 is 1.15 bits per heavy atom. The number of para-hydroxylation sites is 1.